The Morgan fingerprint density at radius 2 is 0.821 bits per heavy atom. The summed E-state index contributed by atoms with van der Waals surface area (Å²) >= 11 is 0. The first kappa shape index (κ1) is 38.9. The molecule has 0 aromatic heterocycles. The summed E-state index contributed by atoms with van der Waals surface area (Å²) in [4.78, 5) is 2.54. The summed E-state index contributed by atoms with van der Waals surface area (Å²) in [7, 11) is 0. The van der Waals surface area contributed by atoms with Gasteiger partial charge in [-0.15, -0.1) is 0 Å². The van der Waals surface area contributed by atoms with E-state index >= 15 is 0 Å². The Hall–Kier alpha value is -8.52. The summed E-state index contributed by atoms with van der Waals surface area (Å²) in [5, 5.41) is 9.87. The highest BCUT2D eigenvalue weighted by atomic mass is 15.1. The van der Waals surface area contributed by atoms with Crippen LogP contribution in [0.5, 0.6) is 0 Å². The molecule has 0 saturated carbocycles. The fourth-order valence-electron chi connectivity index (χ4n) is 11.4. The fraction of sp³-hybridized carbons (Fsp3) is 0.0303. The van der Waals surface area contributed by atoms with E-state index in [-0.39, 0.29) is 5.41 Å². The van der Waals surface area contributed by atoms with Crippen LogP contribution in [-0.2, 0) is 5.41 Å². The van der Waals surface area contributed by atoms with Gasteiger partial charge in [-0.05, 0) is 131 Å². The van der Waals surface area contributed by atoms with Crippen molar-refractivity contribution in [2.75, 3.05) is 4.90 Å². The van der Waals surface area contributed by atoms with E-state index in [9.17, 15) is 0 Å². The van der Waals surface area contributed by atoms with Crippen molar-refractivity contribution in [2.45, 2.75) is 12.3 Å². The Bertz CT molecular complexity index is 3870. The molecule has 12 aromatic rings. The highest BCUT2D eigenvalue weighted by Crippen LogP contribution is 2.55. The molecule has 0 aliphatic heterocycles. The zero-order valence-corrected chi connectivity index (χ0v) is 37.2. The predicted molar refractivity (Wildman–Crippen MR) is 285 cm³/mol. The predicted octanol–water partition coefficient (Wildman–Crippen LogP) is 18.1. The van der Waals surface area contributed by atoms with Gasteiger partial charge in [-0.25, -0.2) is 0 Å². The molecule has 1 unspecified atom stereocenters. The van der Waals surface area contributed by atoms with Crippen molar-refractivity contribution in [1.82, 2.24) is 0 Å². The molecule has 12 aromatic carbocycles. The van der Waals surface area contributed by atoms with E-state index in [4.69, 9.17) is 0 Å². The minimum Gasteiger partial charge on any atom is -0.309 e. The SMILES string of the molecule is CC1(c2ccccc2)c2ccccc2-c2ccc(N(c3ccccc3-c3ccc4c(c3)c(-c3ccccc3)c(-c3ccccc3)c3ccccc34)c3cc4ccccc4c4ccccc34)cc21. The van der Waals surface area contributed by atoms with Crippen LogP contribution in [0, 0.1) is 0 Å². The lowest BCUT2D eigenvalue weighted by molar-refractivity contribution is 0.714. The van der Waals surface area contributed by atoms with Crippen molar-refractivity contribution in [3.05, 3.63) is 271 Å². The van der Waals surface area contributed by atoms with E-state index in [1.807, 2.05) is 0 Å². The maximum atomic E-state index is 2.54. The van der Waals surface area contributed by atoms with E-state index in [1.54, 1.807) is 0 Å². The molecule has 0 fully saturated rings. The van der Waals surface area contributed by atoms with Gasteiger partial charge in [-0.2, -0.15) is 0 Å². The molecule has 0 bridgehead atoms. The van der Waals surface area contributed by atoms with Crippen molar-refractivity contribution in [1.29, 1.82) is 0 Å². The van der Waals surface area contributed by atoms with Crippen LogP contribution in [0.3, 0.4) is 0 Å². The molecule has 314 valence electrons. The summed E-state index contributed by atoms with van der Waals surface area (Å²) in [6, 6.07) is 94.3. The van der Waals surface area contributed by atoms with Crippen LogP contribution in [0.2, 0.25) is 0 Å². The van der Waals surface area contributed by atoms with Gasteiger partial charge in [0.1, 0.15) is 0 Å². The fourth-order valence-corrected chi connectivity index (χ4v) is 11.4. The Labute approximate surface area is 391 Å². The quantitative estimate of drug-likeness (QED) is 0.144. The highest BCUT2D eigenvalue weighted by Gasteiger charge is 2.41. The maximum absolute atomic E-state index is 2.54. The molecule has 1 atom stereocenters. The first-order valence-electron chi connectivity index (χ1n) is 23.3. The molecule has 67 heavy (non-hydrogen) atoms. The number of hydrogen-bond acceptors (Lipinski definition) is 1. The van der Waals surface area contributed by atoms with Crippen LogP contribution in [0.4, 0.5) is 17.1 Å². The van der Waals surface area contributed by atoms with E-state index in [1.165, 1.54) is 93.2 Å². The Morgan fingerprint density at radius 1 is 0.299 bits per heavy atom. The van der Waals surface area contributed by atoms with Crippen LogP contribution in [0.25, 0.3) is 87.6 Å². The lowest BCUT2D eigenvalue weighted by atomic mass is 9.74. The van der Waals surface area contributed by atoms with Crippen molar-refractivity contribution < 1.29 is 0 Å². The molecular formula is C66H45N. The highest BCUT2D eigenvalue weighted by molar-refractivity contribution is 6.22. The third-order valence-corrected chi connectivity index (χ3v) is 14.5. The minimum absolute atomic E-state index is 0.356. The number of rotatable bonds is 7. The van der Waals surface area contributed by atoms with Crippen LogP contribution >= 0.6 is 0 Å². The first-order chi connectivity index (χ1) is 33.1. The molecule has 1 aliphatic carbocycles. The lowest BCUT2D eigenvalue weighted by Gasteiger charge is -2.32. The molecular weight excluding hydrogens is 807 g/mol. The minimum atomic E-state index is -0.356. The van der Waals surface area contributed by atoms with E-state index < -0.39 is 0 Å². The molecule has 1 nitrogen and oxygen atoms in total. The molecule has 1 heteroatoms. The summed E-state index contributed by atoms with van der Waals surface area (Å²) in [5.74, 6) is 0. The third kappa shape index (κ3) is 6.09. The summed E-state index contributed by atoms with van der Waals surface area (Å²) in [6.45, 7) is 2.41. The largest absolute Gasteiger partial charge is 0.309 e. The summed E-state index contributed by atoms with van der Waals surface area (Å²) in [6.07, 6.45) is 0. The second-order valence-electron chi connectivity index (χ2n) is 18.1. The van der Waals surface area contributed by atoms with Crippen LogP contribution in [-0.4, -0.2) is 0 Å². The van der Waals surface area contributed by atoms with Crippen LogP contribution in [0.15, 0.2) is 255 Å². The Kier molecular flexibility index (Phi) is 9.05. The van der Waals surface area contributed by atoms with E-state index in [0.717, 1.165) is 28.2 Å². The summed E-state index contributed by atoms with van der Waals surface area (Å²) < 4.78 is 0. The van der Waals surface area contributed by atoms with Crippen molar-refractivity contribution in [3.8, 4) is 44.5 Å². The smallest absolute Gasteiger partial charge is 0.0546 e. The van der Waals surface area contributed by atoms with Gasteiger partial charge in [0.2, 0.25) is 0 Å². The molecule has 0 heterocycles. The first-order valence-corrected chi connectivity index (χ1v) is 23.3. The standard InChI is InChI=1S/C66H45N/c1-66(48-26-9-4-10-27-48)60-35-19-17-32-55(60)56-40-38-49(43-61(56)66)67(63-42-46-25-11-12-28-50(46)52-30-13-15-33-57(52)63)62-36-20-18-29-51(62)47-37-39-54-53-31-14-16-34-58(53)64(44-21-5-2-6-22-44)65(59(54)41-47)45-23-7-3-8-24-45/h2-43H,1H3. The van der Waals surface area contributed by atoms with Gasteiger partial charge >= 0.3 is 0 Å². The Balaban J connectivity index is 1.10. The third-order valence-electron chi connectivity index (χ3n) is 14.5. The molecule has 0 saturated heterocycles. The molecule has 0 radical (unpaired) electrons. The Morgan fingerprint density at radius 3 is 1.55 bits per heavy atom. The molecule has 1 aliphatic rings. The van der Waals surface area contributed by atoms with Gasteiger partial charge in [0, 0.05) is 22.1 Å². The van der Waals surface area contributed by atoms with Crippen molar-refractivity contribution >= 4 is 60.2 Å². The number of hydrogen-bond donors (Lipinski definition) is 0. The van der Waals surface area contributed by atoms with Crippen molar-refractivity contribution in [3.63, 3.8) is 0 Å². The van der Waals surface area contributed by atoms with E-state index in [0.29, 0.717) is 0 Å². The van der Waals surface area contributed by atoms with Crippen LogP contribution < -0.4 is 4.90 Å². The summed E-state index contributed by atoms with van der Waals surface area (Å²) in [5.41, 5.74) is 16.8. The van der Waals surface area contributed by atoms with Gasteiger partial charge < -0.3 is 4.90 Å². The number of anilines is 3. The second kappa shape index (κ2) is 15.6. The van der Waals surface area contributed by atoms with Crippen molar-refractivity contribution in [2.24, 2.45) is 0 Å². The molecule has 0 spiro atoms. The topological polar surface area (TPSA) is 3.24 Å². The zero-order chi connectivity index (χ0) is 44.5. The number of benzene rings is 12. The zero-order valence-electron chi connectivity index (χ0n) is 37.2. The van der Waals surface area contributed by atoms with Gasteiger partial charge in [-0.3, -0.25) is 0 Å². The average Bonchev–Trinajstić information content (AvgIpc) is 3.66. The van der Waals surface area contributed by atoms with Crippen LogP contribution in [0.1, 0.15) is 23.6 Å². The lowest BCUT2D eigenvalue weighted by Crippen LogP contribution is -2.23. The molecule has 0 amide bonds. The number of nitrogens with zero attached hydrogens (tertiary/aromatic N) is 1. The van der Waals surface area contributed by atoms with E-state index in [2.05, 4.69) is 267 Å². The number of fused-ring (bicyclic) bond motifs is 9. The average molecular weight is 852 g/mol. The van der Waals surface area contributed by atoms with Gasteiger partial charge in [0.05, 0.1) is 11.4 Å². The maximum Gasteiger partial charge on any atom is 0.0546 e. The van der Waals surface area contributed by atoms with Gasteiger partial charge in [-0.1, -0.05) is 224 Å². The van der Waals surface area contributed by atoms with Gasteiger partial charge in [0.25, 0.3) is 0 Å². The van der Waals surface area contributed by atoms with Gasteiger partial charge in [0.15, 0.2) is 0 Å². The normalized spacial score (nSPS) is 14.1. The molecule has 13 rings (SSSR count). The number of para-hydroxylation sites is 1. The molecule has 0 N–H and O–H groups in total. The monoisotopic (exact) mass is 851 g/mol. The second-order valence-corrected chi connectivity index (χ2v) is 18.1.